The third-order valence-electron chi connectivity index (χ3n) is 4.07. The lowest BCUT2D eigenvalue weighted by Gasteiger charge is -2.29. The van der Waals surface area contributed by atoms with Crippen LogP contribution in [0, 0.1) is 0 Å². The Kier molecular flexibility index (Phi) is 3.07. The monoisotopic (exact) mass is 217 g/mol. The molecule has 88 valence electrons. The van der Waals surface area contributed by atoms with Crippen LogP contribution in [0.2, 0.25) is 0 Å². The highest BCUT2D eigenvalue weighted by Crippen LogP contribution is 2.29. The number of benzene rings is 1. The number of nitrogens with zero attached hydrogens (tertiary/aromatic N) is 1. The van der Waals surface area contributed by atoms with E-state index in [9.17, 15) is 0 Å². The molecule has 0 radical (unpaired) electrons. The number of hydrogen-bond donors (Lipinski definition) is 0. The molecule has 1 aliphatic rings. The van der Waals surface area contributed by atoms with Crippen molar-refractivity contribution >= 4 is 0 Å². The number of hydrogen-bond acceptors (Lipinski definition) is 1. The van der Waals surface area contributed by atoms with Crippen LogP contribution in [-0.2, 0) is 18.4 Å². The summed E-state index contributed by atoms with van der Waals surface area (Å²) in [6, 6.07) is 7.09. The van der Waals surface area contributed by atoms with Gasteiger partial charge in [-0.1, -0.05) is 39.0 Å². The van der Waals surface area contributed by atoms with Gasteiger partial charge in [0.2, 0.25) is 0 Å². The lowest BCUT2D eigenvalue weighted by Crippen LogP contribution is -2.27. The molecule has 0 unspecified atom stereocenters. The van der Waals surface area contributed by atoms with Crippen molar-refractivity contribution in [1.29, 1.82) is 0 Å². The Labute approximate surface area is 99.5 Å². The smallest absolute Gasteiger partial charge is 0.0233 e. The predicted octanol–water partition coefficient (Wildman–Crippen LogP) is 3.36. The summed E-state index contributed by atoms with van der Waals surface area (Å²) in [5.41, 5.74) is 4.89. The van der Waals surface area contributed by atoms with Crippen LogP contribution >= 0.6 is 0 Å². The van der Waals surface area contributed by atoms with Crippen molar-refractivity contribution in [1.82, 2.24) is 4.90 Å². The summed E-state index contributed by atoms with van der Waals surface area (Å²) < 4.78 is 0. The fraction of sp³-hybridized carbons (Fsp3) is 0.600. The molecule has 0 N–H and O–H groups in total. The maximum Gasteiger partial charge on any atom is 0.0233 e. The molecule has 2 rings (SSSR count). The van der Waals surface area contributed by atoms with Gasteiger partial charge in [0, 0.05) is 13.1 Å². The first kappa shape index (κ1) is 11.7. The van der Waals surface area contributed by atoms with Crippen LogP contribution in [0.3, 0.4) is 0 Å². The van der Waals surface area contributed by atoms with Gasteiger partial charge in [0.15, 0.2) is 0 Å². The van der Waals surface area contributed by atoms with Gasteiger partial charge in [-0.25, -0.2) is 0 Å². The largest absolute Gasteiger partial charge is 0.302 e. The van der Waals surface area contributed by atoms with Gasteiger partial charge < -0.3 is 4.90 Å². The molecule has 0 fully saturated rings. The highest BCUT2D eigenvalue weighted by molar-refractivity contribution is 5.36. The minimum Gasteiger partial charge on any atom is -0.302 e. The Morgan fingerprint density at radius 1 is 1.25 bits per heavy atom. The maximum atomic E-state index is 2.43. The predicted molar refractivity (Wildman–Crippen MR) is 69.8 cm³/mol. The first-order chi connectivity index (χ1) is 7.53. The Morgan fingerprint density at radius 3 is 2.69 bits per heavy atom. The zero-order valence-electron chi connectivity index (χ0n) is 11.0. The van der Waals surface area contributed by atoms with Crippen molar-refractivity contribution in [3.8, 4) is 0 Å². The van der Waals surface area contributed by atoms with Gasteiger partial charge in [0.05, 0.1) is 0 Å². The van der Waals surface area contributed by atoms with Crippen LogP contribution in [0.5, 0.6) is 0 Å². The molecule has 1 heteroatoms. The molecular weight excluding hydrogens is 194 g/mol. The normalized spacial score (nSPS) is 17.2. The van der Waals surface area contributed by atoms with E-state index >= 15 is 0 Å². The van der Waals surface area contributed by atoms with Crippen LogP contribution in [0.25, 0.3) is 0 Å². The average Bonchev–Trinajstić information content (AvgIpc) is 2.28. The molecule has 16 heavy (non-hydrogen) atoms. The lowest BCUT2D eigenvalue weighted by atomic mass is 9.80. The summed E-state index contributed by atoms with van der Waals surface area (Å²) in [5, 5.41) is 0. The summed E-state index contributed by atoms with van der Waals surface area (Å²) in [6.07, 6.45) is 2.40. The van der Waals surface area contributed by atoms with Crippen LogP contribution in [-0.4, -0.2) is 18.5 Å². The van der Waals surface area contributed by atoms with Crippen molar-refractivity contribution in [3.63, 3.8) is 0 Å². The summed E-state index contributed by atoms with van der Waals surface area (Å²) in [4.78, 5) is 2.41. The zero-order valence-corrected chi connectivity index (χ0v) is 11.0. The Hall–Kier alpha value is -0.820. The quantitative estimate of drug-likeness (QED) is 0.734. The van der Waals surface area contributed by atoms with Crippen LogP contribution in [0.15, 0.2) is 18.2 Å². The molecule has 1 aromatic rings. The Morgan fingerprint density at radius 2 is 2.00 bits per heavy atom. The number of rotatable bonds is 2. The lowest BCUT2D eigenvalue weighted by molar-refractivity contribution is 0.312. The molecule has 1 aliphatic heterocycles. The van der Waals surface area contributed by atoms with E-state index in [2.05, 4.69) is 50.9 Å². The van der Waals surface area contributed by atoms with Crippen molar-refractivity contribution in [2.75, 3.05) is 13.6 Å². The SMILES string of the molecule is CCC(C)(C)c1ccc2c(c1)CN(C)CC2. The molecule has 1 aromatic carbocycles. The van der Waals surface area contributed by atoms with Crippen molar-refractivity contribution in [3.05, 3.63) is 34.9 Å². The van der Waals surface area contributed by atoms with Gasteiger partial charge in [0.1, 0.15) is 0 Å². The van der Waals surface area contributed by atoms with Gasteiger partial charge >= 0.3 is 0 Å². The third-order valence-corrected chi connectivity index (χ3v) is 4.07. The van der Waals surface area contributed by atoms with E-state index in [-0.39, 0.29) is 0 Å². The maximum absolute atomic E-state index is 2.43. The van der Waals surface area contributed by atoms with Gasteiger partial charge in [-0.3, -0.25) is 0 Å². The van der Waals surface area contributed by atoms with Gasteiger partial charge in [-0.05, 0) is 42.0 Å². The van der Waals surface area contributed by atoms with Crippen LogP contribution in [0.1, 0.15) is 43.9 Å². The van der Waals surface area contributed by atoms with Crippen LogP contribution < -0.4 is 0 Å². The number of likely N-dealkylation sites (N-methyl/N-ethyl adjacent to an activating group) is 1. The second-order valence-electron chi connectivity index (χ2n) is 5.71. The molecule has 0 atom stereocenters. The molecule has 0 amide bonds. The molecule has 1 heterocycles. The molecule has 0 saturated carbocycles. The molecule has 0 bridgehead atoms. The first-order valence-electron chi connectivity index (χ1n) is 6.34. The number of fused-ring (bicyclic) bond motifs is 1. The third kappa shape index (κ3) is 2.15. The van der Waals surface area contributed by atoms with Gasteiger partial charge in [-0.15, -0.1) is 0 Å². The molecule has 0 saturated heterocycles. The zero-order chi connectivity index (χ0) is 11.8. The minimum absolute atomic E-state index is 0.311. The van der Waals surface area contributed by atoms with Crippen molar-refractivity contribution in [2.45, 2.75) is 45.6 Å². The standard InChI is InChI=1S/C15H23N/c1-5-15(2,3)14-7-6-12-8-9-16(4)11-13(12)10-14/h6-7,10H,5,8-9,11H2,1-4H3. The van der Waals surface area contributed by atoms with Crippen molar-refractivity contribution in [2.24, 2.45) is 0 Å². The topological polar surface area (TPSA) is 3.24 Å². The van der Waals surface area contributed by atoms with E-state index in [1.807, 2.05) is 0 Å². The molecule has 1 nitrogen and oxygen atoms in total. The van der Waals surface area contributed by atoms with Crippen molar-refractivity contribution < 1.29 is 0 Å². The average molecular weight is 217 g/mol. The first-order valence-corrected chi connectivity index (χ1v) is 6.34. The highest BCUT2D eigenvalue weighted by atomic mass is 15.1. The molecular formula is C15H23N. The van der Waals surface area contributed by atoms with E-state index in [4.69, 9.17) is 0 Å². The minimum atomic E-state index is 0.311. The fourth-order valence-electron chi connectivity index (χ4n) is 2.32. The van der Waals surface area contributed by atoms with E-state index in [1.165, 1.54) is 30.5 Å². The Balaban J connectivity index is 2.35. The molecule has 0 aromatic heterocycles. The van der Waals surface area contributed by atoms with Gasteiger partial charge in [0.25, 0.3) is 0 Å². The summed E-state index contributed by atoms with van der Waals surface area (Å²) >= 11 is 0. The van der Waals surface area contributed by atoms with E-state index in [0.29, 0.717) is 5.41 Å². The summed E-state index contributed by atoms with van der Waals surface area (Å²) in [6.45, 7) is 9.25. The Bertz CT molecular complexity index is 379. The summed E-state index contributed by atoms with van der Waals surface area (Å²) in [7, 11) is 2.21. The second kappa shape index (κ2) is 4.21. The van der Waals surface area contributed by atoms with Crippen LogP contribution in [0.4, 0.5) is 0 Å². The second-order valence-corrected chi connectivity index (χ2v) is 5.71. The van der Waals surface area contributed by atoms with E-state index < -0.39 is 0 Å². The fourth-order valence-corrected chi connectivity index (χ4v) is 2.32. The highest BCUT2D eigenvalue weighted by Gasteiger charge is 2.20. The van der Waals surface area contributed by atoms with E-state index in [0.717, 1.165) is 6.54 Å². The van der Waals surface area contributed by atoms with E-state index in [1.54, 1.807) is 5.56 Å². The summed E-state index contributed by atoms with van der Waals surface area (Å²) in [5.74, 6) is 0. The molecule has 0 spiro atoms. The van der Waals surface area contributed by atoms with Gasteiger partial charge in [-0.2, -0.15) is 0 Å². The molecule has 0 aliphatic carbocycles.